The third-order valence-corrected chi connectivity index (χ3v) is 2.90. The number of rotatable bonds is 5. The van der Waals surface area contributed by atoms with E-state index in [2.05, 4.69) is 10.4 Å². The number of carbonyl (C=O) groups excluding carboxylic acids is 1. The van der Waals surface area contributed by atoms with Crippen LogP contribution >= 0.6 is 0 Å². The number of benzene rings is 1. The van der Waals surface area contributed by atoms with E-state index < -0.39 is 18.9 Å². The molecule has 0 saturated carbocycles. The number of amides is 1. The van der Waals surface area contributed by atoms with Crippen molar-refractivity contribution in [2.24, 2.45) is 0 Å². The molecule has 0 atom stereocenters. The molecule has 0 unspecified atom stereocenters. The first-order valence-electron chi connectivity index (χ1n) is 6.40. The van der Waals surface area contributed by atoms with E-state index in [9.17, 15) is 18.7 Å². The first-order chi connectivity index (χ1) is 10.4. The predicted octanol–water partition coefficient (Wildman–Crippen LogP) is 2.42. The van der Waals surface area contributed by atoms with Gasteiger partial charge in [-0.1, -0.05) is 0 Å². The van der Waals surface area contributed by atoms with Crippen molar-refractivity contribution >= 4 is 11.6 Å². The van der Waals surface area contributed by atoms with Crippen LogP contribution in [0.3, 0.4) is 0 Å². The van der Waals surface area contributed by atoms with E-state index >= 15 is 0 Å². The molecule has 0 saturated heterocycles. The Labute approximate surface area is 125 Å². The third-order valence-electron chi connectivity index (χ3n) is 2.90. The highest BCUT2D eigenvalue weighted by molar-refractivity contribution is 6.06. The van der Waals surface area contributed by atoms with Gasteiger partial charge in [0.15, 0.2) is 11.5 Å². The Hall–Kier alpha value is -2.64. The highest BCUT2D eigenvalue weighted by Gasteiger charge is 2.17. The molecule has 0 radical (unpaired) electrons. The minimum absolute atomic E-state index is 0.0264. The van der Waals surface area contributed by atoms with Gasteiger partial charge in [-0.3, -0.25) is 9.48 Å². The van der Waals surface area contributed by atoms with E-state index in [0.29, 0.717) is 0 Å². The minimum Gasteiger partial charge on any atom is -0.504 e. The Bertz CT molecular complexity index is 686. The van der Waals surface area contributed by atoms with Gasteiger partial charge in [0, 0.05) is 6.20 Å². The normalized spacial score (nSPS) is 10.8. The summed E-state index contributed by atoms with van der Waals surface area (Å²) in [6, 6.07) is 3.09. The van der Waals surface area contributed by atoms with Gasteiger partial charge in [0.1, 0.15) is 6.54 Å². The summed E-state index contributed by atoms with van der Waals surface area (Å²) in [5.74, 6) is -0.694. The number of carbonyl (C=O) groups is 1. The second-order valence-electron chi connectivity index (χ2n) is 4.66. The molecule has 118 valence electrons. The Morgan fingerprint density at radius 2 is 2.23 bits per heavy atom. The number of hydrogen-bond acceptors (Lipinski definition) is 4. The van der Waals surface area contributed by atoms with Crippen LogP contribution in [0.5, 0.6) is 11.5 Å². The van der Waals surface area contributed by atoms with Gasteiger partial charge in [0.05, 0.1) is 24.6 Å². The molecule has 6 nitrogen and oxygen atoms in total. The Morgan fingerprint density at radius 1 is 1.50 bits per heavy atom. The van der Waals surface area contributed by atoms with Gasteiger partial charge in [-0.2, -0.15) is 5.10 Å². The van der Waals surface area contributed by atoms with Crippen molar-refractivity contribution in [2.75, 3.05) is 12.4 Å². The second-order valence-corrected chi connectivity index (χ2v) is 4.66. The minimum atomic E-state index is -2.53. The van der Waals surface area contributed by atoms with Crippen LogP contribution in [-0.4, -0.2) is 34.3 Å². The Kier molecular flexibility index (Phi) is 4.59. The lowest BCUT2D eigenvalue weighted by atomic mass is 10.1. The quantitative estimate of drug-likeness (QED) is 0.889. The summed E-state index contributed by atoms with van der Waals surface area (Å²) in [5.41, 5.74) is 1.01. The fraction of sp³-hybridized carbons (Fsp3) is 0.286. The molecular formula is C14H15F2N3O3. The summed E-state index contributed by atoms with van der Waals surface area (Å²) >= 11 is 0. The van der Waals surface area contributed by atoms with Crippen molar-refractivity contribution < 1.29 is 23.4 Å². The monoisotopic (exact) mass is 311 g/mol. The molecule has 0 aliphatic rings. The summed E-state index contributed by atoms with van der Waals surface area (Å²) in [5, 5.41) is 16.2. The lowest BCUT2D eigenvalue weighted by molar-refractivity contribution is 0.102. The SMILES string of the molecule is COc1cc(C)cc(C(=O)Nc2cnn(CC(F)F)c2)c1O. The van der Waals surface area contributed by atoms with E-state index in [1.807, 2.05) is 0 Å². The molecule has 8 heteroatoms. The molecule has 2 rings (SSSR count). The van der Waals surface area contributed by atoms with Crippen LogP contribution in [0.1, 0.15) is 15.9 Å². The number of nitrogens with zero attached hydrogens (tertiary/aromatic N) is 2. The zero-order valence-corrected chi connectivity index (χ0v) is 12.0. The highest BCUT2D eigenvalue weighted by Crippen LogP contribution is 2.31. The molecule has 1 aromatic heterocycles. The maximum atomic E-state index is 12.2. The second kappa shape index (κ2) is 6.42. The fourth-order valence-corrected chi connectivity index (χ4v) is 1.94. The van der Waals surface area contributed by atoms with Crippen LogP contribution in [0.15, 0.2) is 24.5 Å². The predicted molar refractivity (Wildman–Crippen MR) is 75.6 cm³/mol. The highest BCUT2D eigenvalue weighted by atomic mass is 19.3. The van der Waals surface area contributed by atoms with Crippen LogP contribution in [-0.2, 0) is 6.54 Å². The number of halogens is 2. The lowest BCUT2D eigenvalue weighted by Crippen LogP contribution is -2.12. The molecule has 0 fully saturated rings. The van der Waals surface area contributed by atoms with Crippen LogP contribution in [0.25, 0.3) is 0 Å². The molecule has 1 aromatic carbocycles. The number of aromatic hydroxyl groups is 1. The summed E-state index contributed by atoms with van der Waals surface area (Å²) in [6.07, 6.45) is 0.00640. The fourth-order valence-electron chi connectivity index (χ4n) is 1.94. The molecule has 1 amide bonds. The maximum absolute atomic E-state index is 12.2. The first kappa shape index (κ1) is 15.7. The van der Waals surface area contributed by atoms with Crippen molar-refractivity contribution in [3.8, 4) is 11.5 Å². The third kappa shape index (κ3) is 3.51. The Morgan fingerprint density at radius 3 is 2.86 bits per heavy atom. The standard InChI is InChI=1S/C14H15F2N3O3/c1-8-3-10(13(20)11(4-8)22-2)14(21)18-9-5-17-19(6-9)7-12(15)16/h3-6,12,20H,7H2,1-2H3,(H,18,21). The number of hydrogen-bond donors (Lipinski definition) is 2. The van der Waals surface area contributed by atoms with Crippen molar-refractivity contribution in [3.05, 3.63) is 35.7 Å². The van der Waals surface area contributed by atoms with Gasteiger partial charge in [0.2, 0.25) is 0 Å². The topological polar surface area (TPSA) is 76.4 Å². The van der Waals surface area contributed by atoms with Gasteiger partial charge >= 0.3 is 0 Å². The molecule has 0 aliphatic carbocycles. The maximum Gasteiger partial charge on any atom is 0.259 e. The average molecular weight is 311 g/mol. The number of ether oxygens (including phenoxy) is 1. The number of anilines is 1. The Balaban J connectivity index is 2.19. The van der Waals surface area contributed by atoms with E-state index in [-0.39, 0.29) is 22.7 Å². The summed E-state index contributed by atoms with van der Waals surface area (Å²) < 4.78 is 30.5. The molecule has 2 N–H and O–H groups in total. The van der Waals surface area contributed by atoms with E-state index in [1.54, 1.807) is 13.0 Å². The molecular weight excluding hydrogens is 296 g/mol. The van der Waals surface area contributed by atoms with E-state index in [4.69, 9.17) is 4.74 Å². The number of methoxy groups -OCH3 is 1. The van der Waals surface area contributed by atoms with Crippen molar-refractivity contribution in [3.63, 3.8) is 0 Å². The molecule has 1 heterocycles. The average Bonchev–Trinajstić information content (AvgIpc) is 2.87. The van der Waals surface area contributed by atoms with Gasteiger partial charge in [0.25, 0.3) is 12.3 Å². The number of alkyl halides is 2. The zero-order chi connectivity index (χ0) is 16.3. The first-order valence-corrected chi connectivity index (χ1v) is 6.40. The van der Waals surface area contributed by atoms with Gasteiger partial charge in [-0.05, 0) is 24.6 Å². The van der Waals surface area contributed by atoms with Gasteiger partial charge < -0.3 is 15.2 Å². The molecule has 0 spiro atoms. The van der Waals surface area contributed by atoms with Gasteiger partial charge in [-0.25, -0.2) is 8.78 Å². The van der Waals surface area contributed by atoms with Crippen molar-refractivity contribution in [2.45, 2.75) is 19.9 Å². The molecule has 2 aromatic rings. The van der Waals surface area contributed by atoms with Crippen molar-refractivity contribution in [1.82, 2.24) is 9.78 Å². The zero-order valence-electron chi connectivity index (χ0n) is 12.0. The number of aryl methyl sites for hydroxylation is 1. The molecule has 22 heavy (non-hydrogen) atoms. The number of aromatic nitrogens is 2. The van der Waals surface area contributed by atoms with E-state index in [0.717, 1.165) is 10.2 Å². The lowest BCUT2D eigenvalue weighted by Gasteiger charge is -2.10. The summed E-state index contributed by atoms with van der Waals surface area (Å²) in [6.45, 7) is 1.19. The molecule has 0 bridgehead atoms. The molecule has 0 aliphatic heterocycles. The van der Waals surface area contributed by atoms with Crippen LogP contribution in [0.2, 0.25) is 0 Å². The van der Waals surface area contributed by atoms with Gasteiger partial charge in [-0.15, -0.1) is 0 Å². The number of phenolic OH excluding ortho intramolecular Hbond substituents is 1. The smallest absolute Gasteiger partial charge is 0.259 e. The van der Waals surface area contributed by atoms with Crippen LogP contribution < -0.4 is 10.1 Å². The summed E-state index contributed by atoms with van der Waals surface area (Å²) in [4.78, 5) is 12.2. The van der Waals surface area contributed by atoms with Crippen LogP contribution in [0, 0.1) is 6.92 Å². The number of nitrogens with one attached hydrogen (secondary N) is 1. The number of phenols is 1. The van der Waals surface area contributed by atoms with E-state index in [1.165, 1.54) is 25.6 Å². The van der Waals surface area contributed by atoms with Crippen LogP contribution in [0.4, 0.5) is 14.5 Å². The largest absolute Gasteiger partial charge is 0.504 e. The summed E-state index contributed by atoms with van der Waals surface area (Å²) in [7, 11) is 1.38. The van der Waals surface area contributed by atoms with Crippen molar-refractivity contribution in [1.29, 1.82) is 0 Å².